The summed E-state index contributed by atoms with van der Waals surface area (Å²) < 4.78 is 0. The molecule has 0 bridgehead atoms. The summed E-state index contributed by atoms with van der Waals surface area (Å²) >= 11 is 0. The third-order valence-electron chi connectivity index (χ3n) is 2.85. The highest BCUT2D eigenvalue weighted by atomic mass is 35.5. The van der Waals surface area contributed by atoms with Crippen LogP contribution in [-0.2, 0) is 0 Å². The molecule has 104 valence electrons. The highest BCUT2D eigenvalue weighted by molar-refractivity contribution is 5.81. The SMILES string of the molecule is CC/C(=C\c1cccc([N+](=O)[O-])c1)c1ccncc1.[Cl-]. The smallest absolute Gasteiger partial charge is 0.270 e. The van der Waals surface area contributed by atoms with E-state index < -0.39 is 0 Å². The molecule has 1 aromatic heterocycles. The van der Waals surface area contributed by atoms with E-state index in [4.69, 9.17) is 0 Å². The number of rotatable bonds is 4. The quantitative estimate of drug-likeness (QED) is 0.622. The van der Waals surface area contributed by atoms with Crippen LogP contribution in [0.4, 0.5) is 5.69 Å². The van der Waals surface area contributed by atoms with E-state index >= 15 is 0 Å². The van der Waals surface area contributed by atoms with Crippen LogP contribution in [0.5, 0.6) is 0 Å². The minimum absolute atomic E-state index is 0. The van der Waals surface area contributed by atoms with Crippen molar-refractivity contribution in [1.82, 2.24) is 4.98 Å². The van der Waals surface area contributed by atoms with Gasteiger partial charge in [-0.1, -0.05) is 25.1 Å². The van der Waals surface area contributed by atoms with Crippen molar-refractivity contribution < 1.29 is 17.3 Å². The highest BCUT2D eigenvalue weighted by Gasteiger charge is 2.05. The molecule has 0 saturated heterocycles. The second-order valence-corrected chi connectivity index (χ2v) is 4.11. The van der Waals surface area contributed by atoms with Gasteiger partial charge in [-0.15, -0.1) is 0 Å². The molecule has 0 aliphatic carbocycles. The number of aromatic nitrogens is 1. The summed E-state index contributed by atoms with van der Waals surface area (Å²) in [6, 6.07) is 10.5. The molecule has 1 heterocycles. The summed E-state index contributed by atoms with van der Waals surface area (Å²) in [6.45, 7) is 2.06. The van der Waals surface area contributed by atoms with Crippen molar-refractivity contribution in [3.05, 3.63) is 70.0 Å². The van der Waals surface area contributed by atoms with E-state index in [9.17, 15) is 10.1 Å². The number of hydrogen-bond donors (Lipinski definition) is 0. The minimum Gasteiger partial charge on any atom is -1.00 e. The first-order valence-electron chi connectivity index (χ1n) is 6.06. The molecule has 1 aromatic carbocycles. The van der Waals surface area contributed by atoms with E-state index in [2.05, 4.69) is 11.9 Å². The first-order chi connectivity index (χ1) is 9.20. The normalized spacial score (nSPS) is 10.8. The number of hydrogen-bond acceptors (Lipinski definition) is 3. The standard InChI is InChI=1S/C15H14N2O2.ClH/c1-2-13(14-6-8-16-9-7-14)10-12-4-3-5-15(11-12)17(18)19;/h3-11H,2H2,1H3;1H/p-1/b13-10+;. The maximum Gasteiger partial charge on any atom is 0.270 e. The highest BCUT2D eigenvalue weighted by Crippen LogP contribution is 2.22. The first kappa shape index (κ1) is 15.9. The van der Waals surface area contributed by atoms with Crippen LogP contribution in [-0.4, -0.2) is 9.91 Å². The summed E-state index contributed by atoms with van der Waals surface area (Å²) in [4.78, 5) is 14.4. The third kappa shape index (κ3) is 3.90. The molecule has 0 amide bonds. The molecule has 0 N–H and O–H groups in total. The zero-order chi connectivity index (χ0) is 13.7. The fourth-order valence-corrected chi connectivity index (χ4v) is 1.88. The van der Waals surface area contributed by atoms with E-state index in [0.29, 0.717) is 0 Å². The zero-order valence-corrected chi connectivity index (χ0v) is 11.7. The number of nitro groups is 1. The first-order valence-corrected chi connectivity index (χ1v) is 6.06. The maximum atomic E-state index is 10.8. The van der Waals surface area contributed by atoms with Crippen LogP contribution in [0.15, 0.2) is 48.8 Å². The maximum absolute atomic E-state index is 10.8. The fourth-order valence-electron chi connectivity index (χ4n) is 1.88. The summed E-state index contributed by atoms with van der Waals surface area (Å²) in [6.07, 6.45) is 6.31. The number of halogens is 1. The van der Waals surface area contributed by atoms with Gasteiger partial charge in [-0.2, -0.15) is 0 Å². The molecular weight excluding hydrogens is 276 g/mol. The molecule has 20 heavy (non-hydrogen) atoms. The lowest BCUT2D eigenvalue weighted by atomic mass is 10.0. The van der Waals surface area contributed by atoms with Crippen molar-refractivity contribution in [1.29, 1.82) is 0 Å². The molecule has 0 radical (unpaired) electrons. The van der Waals surface area contributed by atoms with Gasteiger partial charge in [0, 0.05) is 24.5 Å². The second-order valence-electron chi connectivity index (χ2n) is 4.11. The molecule has 0 aliphatic heterocycles. The predicted octanol–water partition coefficient (Wildman–Crippen LogP) is 0.944. The Morgan fingerprint density at radius 3 is 2.60 bits per heavy atom. The Hall–Kier alpha value is -2.20. The second kappa shape index (κ2) is 7.40. The zero-order valence-electron chi connectivity index (χ0n) is 11.0. The molecule has 0 unspecified atom stereocenters. The van der Waals surface area contributed by atoms with Crippen molar-refractivity contribution >= 4 is 17.3 Å². The number of benzene rings is 1. The van der Waals surface area contributed by atoms with E-state index in [-0.39, 0.29) is 23.0 Å². The van der Waals surface area contributed by atoms with Crippen molar-refractivity contribution in [2.45, 2.75) is 13.3 Å². The lowest BCUT2D eigenvalue weighted by Crippen LogP contribution is -3.00. The predicted molar refractivity (Wildman–Crippen MR) is 75.5 cm³/mol. The Morgan fingerprint density at radius 2 is 2.00 bits per heavy atom. The van der Waals surface area contributed by atoms with Crippen LogP contribution < -0.4 is 12.4 Å². The van der Waals surface area contributed by atoms with Crippen LogP contribution in [0.3, 0.4) is 0 Å². The van der Waals surface area contributed by atoms with Gasteiger partial charge in [0.1, 0.15) is 0 Å². The summed E-state index contributed by atoms with van der Waals surface area (Å²) in [5.74, 6) is 0. The average Bonchev–Trinajstić information content (AvgIpc) is 2.46. The molecule has 0 atom stereocenters. The monoisotopic (exact) mass is 289 g/mol. The number of pyridine rings is 1. The van der Waals surface area contributed by atoms with Gasteiger partial charge in [-0.05, 0) is 35.3 Å². The molecule has 0 fully saturated rings. The van der Waals surface area contributed by atoms with E-state index in [1.807, 2.05) is 24.3 Å². The Balaban J connectivity index is 0.00000200. The van der Waals surface area contributed by atoms with Crippen molar-refractivity contribution in [2.24, 2.45) is 0 Å². The molecule has 0 saturated carbocycles. The third-order valence-corrected chi connectivity index (χ3v) is 2.85. The van der Waals surface area contributed by atoms with Crippen LogP contribution >= 0.6 is 0 Å². The average molecular weight is 290 g/mol. The molecule has 0 aliphatic rings. The van der Waals surface area contributed by atoms with Gasteiger partial charge in [0.25, 0.3) is 5.69 Å². The van der Waals surface area contributed by atoms with Crippen LogP contribution in [0.2, 0.25) is 0 Å². The van der Waals surface area contributed by atoms with Gasteiger partial charge in [-0.3, -0.25) is 15.1 Å². The Labute approximate surface area is 123 Å². The lowest BCUT2D eigenvalue weighted by Gasteiger charge is -2.04. The molecule has 0 spiro atoms. The van der Waals surface area contributed by atoms with Gasteiger partial charge < -0.3 is 12.4 Å². The number of allylic oxidation sites excluding steroid dienone is 1. The van der Waals surface area contributed by atoms with Crippen molar-refractivity contribution in [3.8, 4) is 0 Å². The molecular formula is C15H14ClN2O2-. The van der Waals surface area contributed by atoms with Gasteiger partial charge >= 0.3 is 0 Å². The van der Waals surface area contributed by atoms with Crippen LogP contribution in [0.25, 0.3) is 11.6 Å². The van der Waals surface area contributed by atoms with E-state index in [0.717, 1.165) is 23.1 Å². The van der Waals surface area contributed by atoms with Gasteiger partial charge in [0.05, 0.1) is 4.92 Å². The van der Waals surface area contributed by atoms with Crippen molar-refractivity contribution in [2.75, 3.05) is 0 Å². The lowest BCUT2D eigenvalue weighted by molar-refractivity contribution is -0.384. The van der Waals surface area contributed by atoms with Gasteiger partial charge in [-0.25, -0.2) is 0 Å². The van der Waals surface area contributed by atoms with Crippen molar-refractivity contribution in [3.63, 3.8) is 0 Å². The molecule has 5 heteroatoms. The summed E-state index contributed by atoms with van der Waals surface area (Å²) in [5.41, 5.74) is 3.16. The summed E-state index contributed by atoms with van der Waals surface area (Å²) in [5, 5.41) is 10.8. The fraction of sp³-hybridized carbons (Fsp3) is 0.133. The van der Waals surface area contributed by atoms with Gasteiger partial charge in [0.2, 0.25) is 0 Å². The Kier molecular flexibility index (Phi) is 5.87. The van der Waals surface area contributed by atoms with Crippen LogP contribution in [0.1, 0.15) is 24.5 Å². The minimum atomic E-state index is -0.380. The van der Waals surface area contributed by atoms with E-state index in [1.54, 1.807) is 24.5 Å². The number of nitro benzene ring substituents is 1. The largest absolute Gasteiger partial charge is 1.00 e. The number of non-ortho nitro benzene ring substituents is 1. The Bertz CT molecular complexity index is 612. The molecule has 4 nitrogen and oxygen atoms in total. The summed E-state index contributed by atoms with van der Waals surface area (Å²) in [7, 11) is 0. The topological polar surface area (TPSA) is 56.0 Å². The van der Waals surface area contributed by atoms with E-state index in [1.165, 1.54) is 6.07 Å². The Morgan fingerprint density at radius 1 is 1.30 bits per heavy atom. The number of nitrogens with zero attached hydrogens (tertiary/aromatic N) is 2. The molecule has 2 rings (SSSR count). The molecule has 2 aromatic rings. The van der Waals surface area contributed by atoms with Crippen LogP contribution in [0, 0.1) is 10.1 Å². The van der Waals surface area contributed by atoms with Gasteiger partial charge in [0.15, 0.2) is 0 Å².